The molecular formula is C9H15N3OS. The molecule has 0 bridgehead atoms. The lowest BCUT2D eigenvalue weighted by Crippen LogP contribution is -2.33. The van der Waals surface area contributed by atoms with E-state index in [0.717, 1.165) is 0 Å². The van der Waals surface area contributed by atoms with Crippen molar-refractivity contribution in [3.05, 3.63) is 11.6 Å². The maximum absolute atomic E-state index is 11.4. The number of amides is 1. The molecule has 14 heavy (non-hydrogen) atoms. The van der Waals surface area contributed by atoms with Gasteiger partial charge in [0.05, 0.1) is 0 Å². The van der Waals surface area contributed by atoms with Gasteiger partial charge in [0.25, 0.3) is 0 Å². The van der Waals surface area contributed by atoms with E-state index in [1.165, 1.54) is 11.3 Å². The van der Waals surface area contributed by atoms with Crippen molar-refractivity contribution < 1.29 is 4.79 Å². The summed E-state index contributed by atoms with van der Waals surface area (Å²) >= 11 is 1.41. The first-order valence-corrected chi connectivity index (χ1v) is 5.33. The summed E-state index contributed by atoms with van der Waals surface area (Å²) in [5.74, 6) is -0.0292. The van der Waals surface area contributed by atoms with Crippen LogP contribution < -0.4 is 11.1 Å². The minimum absolute atomic E-state index is 0.0292. The molecule has 78 valence electrons. The van der Waals surface area contributed by atoms with Gasteiger partial charge < -0.3 is 11.1 Å². The molecule has 0 aliphatic rings. The van der Waals surface area contributed by atoms with Gasteiger partial charge in [-0.05, 0) is 20.3 Å². The zero-order chi connectivity index (χ0) is 10.6. The van der Waals surface area contributed by atoms with Gasteiger partial charge in [0.2, 0.25) is 5.91 Å². The van der Waals surface area contributed by atoms with Crippen LogP contribution in [0.5, 0.6) is 0 Å². The van der Waals surface area contributed by atoms with Crippen molar-refractivity contribution in [2.45, 2.75) is 32.2 Å². The first kappa shape index (κ1) is 11.1. The van der Waals surface area contributed by atoms with Crippen molar-refractivity contribution in [1.82, 2.24) is 4.98 Å². The average Bonchev–Trinajstić information content (AvgIpc) is 2.52. The monoisotopic (exact) mass is 213 g/mol. The molecule has 1 aromatic heterocycles. The summed E-state index contributed by atoms with van der Waals surface area (Å²) < 4.78 is 0. The van der Waals surface area contributed by atoms with Gasteiger partial charge in [-0.15, -0.1) is 11.3 Å². The van der Waals surface area contributed by atoms with Crippen LogP contribution in [-0.4, -0.2) is 16.4 Å². The number of rotatable bonds is 4. The molecule has 0 spiro atoms. The second kappa shape index (κ2) is 4.52. The maximum Gasteiger partial charge on any atom is 0.226 e. The van der Waals surface area contributed by atoms with Gasteiger partial charge >= 0.3 is 0 Å². The molecule has 0 aliphatic carbocycles. The van der Waals surface area contributed by atoms with Crippen LogP contribution in [0.2, 0.25) is 0 Å². The van der Waals surface area contributed by atoms with E-state index in [2.05, 4.69) is 10.3 Å². The number of hydrogen-bond donors (Lipinski definition) is 2. The van der Waals surface area contributed by atoms with E-state index in [1.807, 2.05) is 19.2 Å². The van der Waals surface area contributed by atoms with E-state index < -0.39 is 0 Å². The third-order valence-electron chi connectivity index (χ3n) is 1.68. The Kier molecular flexibility index (Phi) is 3.60. The van der Waals surface area contributed by atoms with Gasteiger partial charge in [-0.3, -0.25) is 4.79 Å². The lowest BCUT2D eigenvalue weighted by Gasteiger charge is -2.17. The fourth-order valence-corrected chi connectivity index (χ4v) is 1.45. The summed E-state index contributed by atoms with van der Waals surface area (Å²) in [5.41, 5.74) is 5.47. The molecule has 5 heteroatoms. The van der Waals surface area contributed by atoms with E-state index in [-0.39, 0.29) is 11.4 Å². The second-order valence-corrected chi connectivity index (χ2v) is 4.77. The first-order valence-electron chi connectivity index (χ1n) is 4.45. The van der Waals surface area contributed by atoms with Crippen LogP contribution in [0.1, 0.15) is 26.7 Å². The average molecular weight is 213 g/mol. The molecule has 1 aromatic rings. The lowest BCUT2D eigenvalue weighted by atomic mass is 10.00. The highest BCUT2D eigenvalue weighted by Gasteiger charge is 2.13. The number of thiazole rings is 1. The van der Waals surface area contributed by atoms with Crippen molar-refractivity contribution in [3.8, 4) is 0 Å². The Morgan fingerprint density at radius 3 is 2.93 bits per heavy atom. The molecule has 0 saturated carbocycles. The molecule has 0 atom stereocenters. The molecule has 1 rings (SSSR count). The molecule has 0 aromatic carbocycles. The molecule has 3 N–H and O–H groups in total. The highest BCUT2D eigenvalue weighted by atomic mass is 32.1. The molecule has 1 heterocycles. The summed E-state index contributed by atoms with van der Waals surface area (Å²) in [6.45, 7) is 3.81. The van der Waals surface area contributed by atoms with Crippen molar-refractivity contribution >= 4 is 22.4 Å². The third-order valence-corrected chi connectivity index (χ3v) is 2.36. The Hall–Kier alpha value is -0.940. The van der Waals surface area contributed by atoms with Gasteiger partial charge in [-0.2, -0.15) is 0 Å². The van der Waals surface area contributed by atoms with Crippen molar-refractivity contribution in [3.63, 3.8) is 0 Å². The highest BCUT2D eigenvalue weighted by molar-refractivity contribution is 7.13. The van der Waals surface area contributed by atoms with E-state index >= 15 is 0 Å². The number of anilines is 1. The lowest BCUT2D eigenvalue weighted by molar-refractivity contribution is -0.116. The Labute approximate surface area is 87.5 Å². The SMILES string of the molecule is CC(C)(N)CCC(=O)Nc1nccs1. The van der Waals surface area contributed by atoms with Crippen LogP contribution in [0.15, 0.2) is 11.6 Å². The summed E-state index contributed by atoms with van der Waals surface area (Å²) in [5, 5.41) is 5.17. The molecule has 4 nitrogen and oxygen atoms in total. The van der Waals surface area contributed by atoms with E-state index in [4.69, 9.17) is 5.73 Å². The highest BCUT2D eigenvalue weighted by Crippen LogP contribution is 2.12. The standard InChI is InChI=1S/C9H15N3OS/c1-9(2,10)4-3-7(13)12-8-11-5-6-14-8/h5-6H,3-4,10H2,1-2H3,(H,11,12,13). The molecule has 0 saturated heterocycles. The minimum Gasteiger partial charge on any atom is -0.326 e. The minimum atomic E-state index is -0.291. The van der Waals surface area contributed by atoms with Crippen LogP contribution in [0.4, 0.5) is 5.13 Å². The number of nitrogens with zero attached hydrogens (tertiary/aromatic N) is 1. The van der Waals surface area contributed by atoms with Crippen LogP contribution in [0, 0.1) is 0 Å². The molecule has 1 amide bonds. The number of hydrogen-bond acceptors (Lipinski definition) is 4. The summed E-state index contributed by atoms with van der Waals surface area (Å²) in [6.07, 6.45) is 2.76. The summed E-state index contributed by atoms with van der Waals surface area (Å²) in [6, 6.07) is 0. The van der Waals surface area contributed by atoms with E-state index in [0.29, 0.717) is 18.0 Å². The van der Waals surface area contributed by atoms with Crippen LogP contribution in [-0.2, 0) is 4.79 Å². The van der Waals surface area contributed by atoms with Crippen molar-refractivity contribution in [2.75, 3.05) is 5.32 Å². The van der Waals surface area contributed by atoms with Crippen molar-refractivity contribution in [2.24, 2.45) is 5.73 Å². The quantitative estimate of drug-likeness (QED) is 0.798. The zero-order valence-corrected chi connectivity index (χ0v) is 9.23. The molecule has 0 fully saturated rings. The van der Waals surface area contributed by atoms with Crippen LogP contribution in [0.25, 0.3) is 0 Å². The maximum atomic E-state index is 11.4. The fourth-order valence-electron chi connectivity index (χ4n) is 0.903. The molecule has 0 aliphatic heterocycles. The van der Waals surface area contributed by atoms with Crippen LogP contribution >= 0.6 is 11.3 Å². The van der Waals surface area contributed by atoms with Crippen molar-refractivity contribution in [1.29, 1.82) is 0 Å². The molecule has 0 unspecified atom stereocenters. The topological polar surface area (TPSA) is 68.0 Å². The Balaban J connectivity index is 2.30. The summed E-state index contributed by atoms with van der Waals surface area (Å²) in [4.78, 5) is 15.3. The Morgan fingerprint density at radius 1 is 1.71 bits per heavy atom. The van der Waals surface area contributed by atoms with E-state index in [9.17, 15) is 4.79 Å². The second-order valence-electron chi connectivity index (χ2n) is 3.87. The molecular weight excluding hydrogens is 198 g/mol. The van der Waals surface area contributed by atoms with Gasteiger partial charge in [0.15, 0.2) is 5.13 Å². The summed E-state index contributed by atoms with van der Waals surface area (Å²) in [7, 11) is 0. The molecule has 0 radical (unpaired) electrons. The predicted octanol–water partition coefficient (Wildman–Crippen LogP) is 1.60. The number of carbonyl (C=O) groups is 1. The predicted molar refractivity (Wildman–Crippen MR) is 58.2 cm³/mol. The number of carbonyl (C=O) groups excluding carboxylic acids is 1. The Morgan fingerprint density at radius 2 is 2.43 bits per heavy atom. The van der Waals surface area contributed by atoms with E-state index in [1.54, 1.807) is 6.20 Å². The number of aromatic nitrogens is 1. The largest absolute Gasteiger partial charge is 0.326 e. The van der Waals surface area contributed by atoms with Gasteiger partial charge in [-0.25, -0.2) is 4.98 Å². The normalized spacial score (nSPS) is 11.4. The third kappa shape index (κ3) is 4.34. The van der Waals surface area contributed by atoms with Gasteiger partial charge in [0, 0.05) is 23.5 Å². The Bertz CT molecular complexity index is 290. The number of nitrogens with one attached hydrogen (secondary N) is 1. The zero-order valence-electron chi connectivity index (χ0n) is 8.41. The van der Waals surface area contributed by atoms with Crippen LogP contribution in [0.3, 0.4) is 0 Å². The van der Waals surface area contributed by atoms with Gasteiger partial charge in [-0.1, -0.05) is 0 Å². The smallest absolute Gasteiger partial charge is 0.226 e. The first-order chi connectivity index (χ1) is 6.47. The number of nitrogens with two attached hydrogens (primary N) is 1. The van der Waals surface area contributed by atoms with Gasteiger partial charge in [0.1, 0.15) is 0 Å². The fraction of sp³-hybridized carbons (Fsp3) is 0.556.